The van der Waals surface area contributed by atoms with Crippen LogP contribution < -0.4 is 5.32 Å². The first-order valence-electron chi connectivity index (χ1n) is 5.25. The van der Waals surface area contributed by atoms with Gasteiger partial charge in [0, 0.05) is 5.69 Å². The van der Waals surface area contributed by atoms with Crippen LogP contribution in [0.25, 0.3) is 0 Å². The van der Waals surface area contributed by atoms with Gasteiger partial charge in [0.2, 0.25) is 0 Å². The fourth-order valence-electron chi connectivity index (χ4n) is 1.65. The summed E-state index contributed by atoms with van der Waals surface area (Å²) < 4.78 is 0. The van der Waals surface area contributed by atoms with E-state index in [-0.39, 0.29) is 0 Å². The summed E-state index contributed by atoms with van der Waals surface area (Å²) in [4.78, 5) is 8.06. The van der Waals surface area contributed by atoms with E-state index in [0.717, 1.165) is 5.69 Å². The van der Waals surface area contributed by atoms with Crippen molar-refractivity contribution in [2.45, 2.75) is 13.8 Å². The van der Waals surface area contributed by atoms with Crippen LogP contribution in [-0.2, 0) is 0 Å². The monoisotopic (exact) mass is 224 g/mol. The Hall–Kier alpha value is -2.41. The van der Waals surface area contributed by atoms with Crippen molar-refractivity contribution in [3.8, 4) is 6.07 Å². The molecule has 0 amide bonds. The molecule has 0 atom stereocenters. The van der Waals surface area contributed by atoms with E-state index >= 15 is 0 Å². The standard InChI is InChI=1S/C13H12N4/c1-9-3-10(2)5-11(4-9)17-13-8-15-12(6-14)7-16-13/h3-5,7-8H,1-2H3,(H,16,17). The molecule has 0 radical (unpaired) electrons. The Morgan fingerprint density at radius 1 is 1.06 bits per heavy atom. The second kappa shape index (κ2) is 4.62. The van der Waals surface area contributed by atoms with E-state index in [9.17, 15) is 0 Å². The van der Waals surface area contributed by atoms with Crippen LogP contribution in [0, 0.1) is 25.2 Å². The molecule has 4 heteroatoms. The molecule has 1 heterocycles. The lowest BCUT2D eigenvalue weighted by Gasteiger charge is -2.07. The molecule has 84 valence electrons. The Morgan fingerprint density at radius 3 is 2.29 bits per heavy atom. The van der Waals surface area contributed by atoms with Gasteiger partial charge in [-0.05, 0) is 37.1 Å². The Morgan fingerprint density at radius 2 is 1.76 bits per heavy atom. The minimum atomic E-state index is 0.316. The number of rotatable bonds is 2. The van der Waals surface area contributed by atoms with E-state index in [1.807, 2.05) is 32.0 Å². The molecule has 0 saturated heterocycles. The molecule has 4 nitrogen and oxygen atoms in total. The molecule has 1 aromatic heterocycles. The zero-order chi connectivity index (χ0) is 12.3. The van der Waals surface area contributed by atoms with Gasteiger partial charge in [-0.15, -0.1) is 0 Å². The van der Waals surface area contributed by atoms with Crippen molar-refractivity contribution in [3.05, 3.63) is 47.4 Å². The molecular weight excluding hydrogens is 212 g/mol. The maximum absolute atomic E-state index is 8.62. The smallest absolute Gasteiger partial charge is 0.158 e. The predicted molar refractivity (Wildman–Crippen MR) is 65.9 cm³/mol. The van der Waals surface area contributed by atoms with Crippen molar-refractivity contribution in [2.75, 3.05) is 5.32 Å². The van der Waals surface area contributed by atoms with Gasteiger partial charge in [-0.1, -0.05) is 6.07 Å². The summed E-state index contributed by atoms with van der Waals surface area (Å²) in [7, 11) is 0. The molecule has 0 aliphatic rings. The average Bonchev–Trinajstić information content (AvgIpc) is 2.28. The summed E-state index contributed by atoms with van der Waals surface area (Å²) in [5.41, 5.74) is 3.67. The highest BCUT2D eigenvalue weighted by Gasteiger charge is 1.99. The average molecular weight is 224 g/mol. The molecule has 2 aromatic rings. The van der Waals surface area contributed by atoms with Gasteiger partial charge in [-0.25, -0.2) is 9.97 Å². The quantitative estimate of drug-likeness (QED) is 0.851. The van der Waals surface area contributed by atoms with Gasteiger partial charge in [0.15, 0.2) is 5.69 Å². The number of aryl methyl sites for hydroxylation is 2. The van der Waals surface area contributed by atoms with Gasteiger partial charge in [0.25, 0.3) is 0 Å². The van der Waals surface area contributed by atoms with Crippen LogP contribution in [0.5, 0.6) is 0 Å². The summed E-state index contributed by atoms with van der Waals surface area (Å²) in [6.07, 6.45) is 3.00. The van der Waals surface area contributed by atoms with Crippen molar-refractivity contribution < 1.29 is 0 Å². The van der Waals surface area contributed by atoms with E-state index < -0.39 is 0 Å². The number of nitrogens with one attached hydrogen (secondary N) is 1. The molecular formula is C13H12N4. The molecule has 0 fully saturated rings. The lowest BCUT2D eigenvalue weighted by molar-refractivity contribution is 1.16. The van der Waals surface area contributed by atoms with Crippen LogP contribution in [0.4, 0.5) is 11.5 Å². The van der Waals surface area contributed by atoms with Crippen molar-refractivity contribution in [1.29, 1.82) is 5.26 Å². The van der Waals surface area contributed by atoms with Crippen molar-refractivity contribution in [3.63, 3.8) is 0 Å². The third-order valence-electron chi connectivity index (χ3n) is 2.26. The third-order valence-corrected chi connectivity index (χ3v) is 2.26. The summed E-state index contributed by atoms with van der Waals surface area (Å²) in [5.74, 6) is 0.633. The second-order valence-corrected chi connectivity index (χ2v) is 3.90. The Labute approximate surface area is 100.0 Å². The summed E-state index contributed by atoms with van der Waals surface area (Å²) in [6.45, 7) is 4.09. The van der Waals surface area contributed by atoms with Crippen LogP contribution in [0.15, 0.2) is 30.6 Å². The molecule has 17 heavy (non-hydrogen) atoms. The zero-order valence-electron chi connectivity index (χ0n) is 9.73. The molecule has 0 aliphatic heterocycles. The van der Waals surface area contributed by atoms with Crippen LogP contribution in [0.1, 0.15) is 16.8 Å². The van der Waals surface area contributed by atoms with Gasteiger partial charge in [-0.2, -0.15) is 5.26 Å². The Balaban J connectivity index is 2.22. The first-order valence-corrected chi connectivity index (χ1v) is 5.25. The first kappa shape index (κ1) is 11.1. The molecule has 1 aromatic carbocycles. The zero-order valence-corrected chi connectivity index (χ0v) is 9.73. The lowest BCUT2D eigenvalue weighted by Crippen LogP contribution is -1.96. The van der Waals surface area contributed by atoms with E-state index in [0.29, 0.717) is 11.5 Å². The minimum Gasteiger partial charge on any atom is -0.339 e. The molecule has 0 unspecified atom stereocenters. The van der Waals surface area contributed by atoms with E-state index in [1.54, 1.807) is 6.20 Å². The summed E-state index contributed by atoms with van der Waals surface area (Å²) >= 11 is 0. The first-order chi connectivity index (χ1) is 8.17. The highest BCUT2D eigenvalue weighted by Crippen LogP contribution is 2.17. The fraction of sp³-hybridized carbons (Fsp3) is 0.154. The molecule has 0 saturated carbocycles. The van der Waals surface area contributed by atoms with Gasteiger partial charge < -0.3 is 5.32 Å². The van der Waals surface area contributed by atoms with Gasteiger partial charge >= 0.3 is 0 Å². The Bertz CT molecular complexity index is 547. The second-order valence-electron chi connectivity index (χ2n) is 3.90. The highest BCUT2D eigenvalue weighted by atomic mass is 15.0. The van der Waals surface area contributed by atoms with Crippen molar-refractivity contribution in [2.24, 2.45) is 0 Å². The highest BCUT2D eigenvalue weighted by molar-refractivity contribution is 5.57. The fourth-order valence-corrected chi connectivity index (χ4v) is 1.65. The van der Waals surface area contributed by atoms with Crippen molar-refractivity contribution in [1.82, 2.24) is 9.97 Å². The van der Waals surface area contributed by atoms with E-state index in [1.165, 1.54) is 17.3 Å². The molecule has 1 N–H and O–H groups in total. The Kier molecular flexibility index (Phi) is 3.01. The van der Waals surface area contributed by atoms with Crippen LogP contribution in [-0.4, -0.2) is 9.97 Å². The minimum absolute atomic E-state index is 0.316. The summed E-state index contributed by atoms with van der Waals surface area (Å²) in [5, 5.41) is 11.8. The molecule has 0 bridgehead atoms. The van der Waals surface area contributed by atoms with Gasteiger partial charge in [-0.3, -0.25) is 0 Å². The van der Waals surface area contributed by atoms with Crippen molar-refractivity contribution >= 4 is 11.5 Å². The summed E-state index contributed by atoms with van der Waals surface area (Å²) in [6, 6.07) is 8.11. The number of nitrogens with zero attached hydrogens (tertiary/aromatic N) is 3. The van der Waals surface area contributed by atoms with Crippen LogP contribution in [0.3, 0.4) is 0 Å². The van der Waals surface area contributed by atoms with Gasteiger partial charge in [0.05, 0.1) is 12.4 Å². The topological polar surface area (TPSA) is 61.6 Å². The number of hydrogen-bond donors (Lipinski definition) is 1. The molecule has 0 aliphatic carbocycles. The number of benzene rings is 1. The number of nitriles is 1. The largest absolute Gasteiger partial charge is 0.339 e. The van der Waals surface area contributed by atoms with Crippen LogP contribution in [0.2, 0.25) is 0 Å². The lowest BCUT2D eigenvalue weighted by atomic mass is 10.1. The van der Waals surface area contributed by atoms with E-state index in [4.69, 9.17) is 5.26 Å². The van der Waals surface area contributed by atoms with E-state index in [2.05, 4.69) is 21.4 Å². The third kappa shape index (κ3) is 2.79. The molecule has 2 rings (SSSR count). The number of hydrogen-bond acceptors (Lipinski definition) is 4. The predicted octanol–water partition coefficient (Wildman–Crippen LogP) is 2.71. The maximum atomic E-state index is 8.62. The van der Waals surface area contributed by atoms with Gasteiger partial charge in [0.1, 0.15) is 11.9 Å². The normalized spacial score (nSPS) is 9.71. The maximum Gasteiger partial charge on any atom is 0.158 e. The number of aromatic nitrogens is 2. The SMILES string of the molecule is Cc1cc(C)cc(Nc2cnc(C#N)cn2)c1. The molecule has 0 spiro atoms. The number of anilines is 2. The van der Waals surface area contributed by atoms with Crippen LogP contribution >= 0.6 is 0 Å².